The normalized spacial score (nSPS) is 17.2. The number of likely N-dealkylation sites (tertiary alicyclic amines) is 1. The molecule has 1 amide bonds. The molecule has 4 heteroatoms. The average Bonchev–Trinajstić information content (AvgIpc) is 3.05. The molecule has 1 atom stereocenters. The topological polar surface area (TPSA) is 42.3 Å². The van der Waals surface area contributed by atoms with Gasteiger partial charge in [-0.25, -0.2) is 0 Å². The summed E-state index contributed by atoms with van der Waals surface area (Å²) in [6.45, 7) is 1.24. The summed E-state index contributed by atoms with van der Waals surface area (Å²) in [6.07, 6.45) is 2.19. The fourth-order valence-electron chi connectivity index (χ4n) is 4.02. The summed E-state index contributed by atoms with van der Waals surface area (Å²) in [6, 6.07) is 19.8. The number of para-hydroxylation sites is 1. The van der Waals surface area contributed by atoms with E-state index in [4.69, 9.17) is 0 Å². The predicted octanol–water partition coefficient (Wildman–Crippen LogP) is 3.84. The number of benzene rings is 2. The van der Waals surface area contributed by atoms with E-state index in [-0.39, 0.29) is 17.6 Å². The standard InChI is InChI=1S/C23H24N2O2/c1-24-20-12-6-5-10-18(20)15-21(24)23(27)25-13-7-11-19(16-25)22(26)14-17-8-3-2-4-9-17/h2-6,8-10,12,15,19H,7,11,13-14,16H2,1H3/t19-/m0/s1. The van der Waals surface area contributed by atoms with E-state index in [2.05, 4.69) is 0 Å². The van der Waals surface area contributed by atoms with E-state index >= 15 is 0 Å². The number of carbonyl (C=O) groups excluding carboxylic acids is 2. The van der Waals surface area contributed by atoms with Crippen LogP contribution in [0.5, 0.6) is 0 Å². The van der Waals surface area contributed by atoms with Crippen molar-refractivity contribution in [1.82, 2.24) is 9.47 Å². The summed E-state index contributed by atoms with van der Waals surface area (Å²) < 4.78 is 1.95. The number of amides is 1. The summed E-state index contributed by atoms with van der Waals surface area (Å²) in [5.41, 5.74) is 2.78. The Bertz CT molecular complexity index is 974. The van der Waals surface area contributed by atoms with E-state index in [1.54, 1.807) is 0 Å². The number of aromatic nitrogens is 1. The number of carbonyl (C=O) groups is 2. The van der Waals surface area contributed by atoms with Crippen molar-refractivity contribution in [3.05, 3.63) is 71.9 Å². The maximum absolute atomic E-state index is 13.1. The number of fused-ring (bicyclic) bond motifs is 1. The molecule has 4 rings (SSSR count). The molecule has 1 aliphatic rings. The van der Waals surface area contributed by atoms with E-state index in [0.29, 0.717) is 18.7 Å². The van der Waals surface area contributed by atoms with Crippen molar-refractivity contribution in [3.8, 4) is 0 Å². The first-order valence-electron chi connectivity index (χ1n) is 9.54. The first-order chi connectivity index (χ1) is 13.1. The van der Waals surface area contributed by atoms with Crippen LogP contribution >= 0.6 is 0 Å². The Labute approximate surface area is 159 Å². The summed E-state index contributed by atoms with van der Waals surface area (Å²) in [7, 11) is 1.93. The Morgan fingerprint density at radius 3 is 2.56 bits per heavy atom. The fourth-order valence-corrected chi connectivity index (χ4v) is 4.02. The molecule has 0 spiro atoms. The van der Waals surface area contributed by atoms with Crippen molar-refractivity contribution < 1.29 is 9.59 Å². The lowest BCUT2D eigenvalue weighted by Crippen LogP contribution is -2.43. The molecule has 2 heterocycles. The summed E-state index contributed by atoms with van der Waals surface area (Å²) in [4.78, 5) is 27.7. The molecule has 0 bridgehead atoms. The summed E-state index contributed by atoms with van der Waals surface area (Å²) in [5, 5.41) is 1.07. The maximum Gasteiger partial charge on any atom is 0.270 e. The van der Waals surface area contributed by atoms with Crippen LogP contribution in [0, 0.1) is 5.92 Å². The van der Waals surface area contributed by atoms with Gasteiger partial charge >= 0.3 is 0 Å². The lowest BCUT2D eigenvalue weighted by Gasteiger charge is -2.32. The molecule has 0 saturated carbocycles. The number of ketones is 1. The lowest BCUT2D eigenvalue weighted by atomic mass is 9.90. The van der Waals surface area contributed by atoms with E-state index in [1.165, 1.54) is 0 Å². The lowest BCUT2D eigenvalue weighted by molar-refractivity contribution is -0.123. The van der Waals surface area contributed by atoms with Crippen LogP contribution < -0.4 is 0 Å². The Kier molecular flexibility index (Phi) is 4.80. The van der Waals surface area contributed by atoms with Gasteiger partial charge in [0.15, 0.2) is 0 Å². The molecule has 3 aromatic rings. The maximum atomic E-state index is 13.1. The van der Waals surface area contributed by atoms with Gasteiger partial charge in [-0.15, -0.1) is 0 Å². The minimum Gasteiger partial charge on any atom is -0.340 e. The minimum atomic E-state index is -0.0717. The highest BCUT2D eigenvalue weighted by Crippen LogP contribution is 2.24. The molecule has 0 aliphatic carbocycles. The van der Waals surface area contributed by atoms with E-state index in [9.17, 15) is 9.59 Å². The molecule has 0 N–H and O–H groups in total. The average molecular weight is 360 g/mol. The number of rotatable bonds is 4. The number of Topliss-reactive ketones (excluding diaryl/α,β-unsaturated/α-hetero) is 1. The highest BCUT2D eigenvalue weighted by Gasteiger charge is 2.30. The molecule has 138 valence electrons. The number of hydrogen-bond donors (Lipinski definition) is 0. The summed E-state index contributed by atoms with van der Waals surface area (Å²) in [5.74, 6) is 0.180. The van der Waals surface area contributed by atoms with Crippen LogP contribution in [0.1, 0.15) is 28.9 Å². The zero-order valence-corrected chi connectivity index (χ0v) is 15.6. The van der Waals surface area contributed by atoms with Gasteiger partial charge in [-0.1, -0.05) is 48.5 Å². The second-order valence-electron chi connectivity index (χ2n) is 7.37. The highest BCUT2D eigenvalue weighted by molar-refractivity contribution is 5.99. The van der Waals surface area contributed by atoms with Gasteiger partial charge in [0.2, 0.25) is 0 Å². The quantitative estimate of drug-likeness (QED) is 0.709. The van der Waals surface area contributed by atoms with Crippen LogP contribution in [0.25, 0.3) is 10.9 Å². The number of piperidine rings is 1. The van der Waals surface area contributed by atoms with Gasteiger partial charge in [0, 0.05) is 43.4 Å². The van der Waals surface area contributed by atoms with Gasteiger partial charge < -0.3 is 9.47 Å². The third kappa shape index (κ3) is 3.52. The Morgan fingerprint density at radius 1 is 1.04 bits per heavy atom. The van der Waals surface area contributed by atoms with Gasteiger partial charge in [-0.05, 0) is 30.5 Å². The van der Waals surface area contributed by atoms with Crippen molar-refractivity contribution in [3.63, 3.8) is 0 Å². The number of aryl methyl sites for hydroxylation is 1. The monoisotopic (exact) mass is 360 g/mol. The van der Waals surface area contributed by atoms with Crippen molar-refractivity contribution >= 4 is 22.6 Å². The van der Waals surface area contributed by atoms with Crippen molar-refractivity contribution in [2.75, 3.05) is 13.1 Å². The first-order valence-corrected chi connectivity index (χ1v) is 9.54. The number of nitrogens with zero attached hydrogens (tertiary/aromatic N) is 2. The second kappa shape index (κ2) is 7.39. The van der Waals surface area contributed by atoms with E-state index in [1.807, 2.05) is 77.2 Å². The molecule has 1 saturated heterocycles. The van der Waals surface area contributed by atoms with Crippen LogP contribution in [0.3, 0.4) is 0 Å². The zero-order chi connectivity index (χ0) is 18.8. The van der Waals surface area contributed by atoms with Gasteiger partial charge in [-0.3, -0.25) is 9.59 Å². The molecule has 2 aromatic carbocycles. The SMILES string of the molecule is Cn1c(C(=O)N2CCC[C@H](C(=O)Cc3ccccc3)C2)cc2ccccc21. The van der Waals surface area contributed by atoms with Crippen LogP contribution in [-0.4, -0.2) is 34.2 Å². The Hall–Kier alpha value is -2.88. The fraction of sp³-hybridized carbons (Fsp3) is 0.304. The molecule has 4 nitrogen and oxygen atoms in total. The molecular weight excluding hydrogens is 336 g/mol. The van der Waals surface area contributed by atoms with Gasteiger partial charge in [0.1, 0.15) is 11.5 Å². The third-order valence-corrected chi connectivity index (χ3v) is 5.56. The molecule has 1 aromatic heterocycles. The van der Waals surface area contributed by atoms with Gasteiger partial charge in [0.25, 0.3) is 5.91 Å². The highest BCUT2D eigenvalue weighted by atomic mass is 16.2. The predicted molar refractivity (Wildman–Crippen MR) is 107 cm³/mol. The molecule has 0 radical (unpaired) electrons. The van der Waals surface area contributed by atoms with Crippen molar-refractivity contribution in [2.24, 2.45) is 13.0 Å². The van der Waals surface area contributed by atoms with Crippen LogP contribution in [-0.2, 0) is 18.3 Å². The van der Waals surface area contributed by atoms with Crippen LogP contribution in [0.4, 0.5) is 0 Å². The molecule has 1 aliphatic heterocycles. The smallest absolute Gasteiger partial charge is 0.270 e. The van der Waals surface area contributed by atoms with Crippen molar-refractivity contribution in [2.45, 2.75) is 19.3 Å². The second-order valence-corrected chi connectivity index (χ2v) is 7.37. The summed E-state index contributed by atoms with van der Waals surface area (Å²) >= 11 is 0. The van der Waals surface area contributed by atoms with Crippen molar-refractivity contribution in [1.29, 1.82) is 0 Å². The number of hydrogen-bond acceptors (Lipinski definition) is 2. The van der Waals surface area contributed by atoms with Gasteiger partial charge in [-0.2, -0.15) is 0 Å². The molecule has 0 unspecified atom stereocenters. The third-order valence-electron chi connectivity index (χ3n) is 5.56. The van der Waals surface area contributed by atoms with Crippen LogP contribution in [0.2, 0.25) is 0 Å². The molecule has 1 fully saturated rings. The largest absolute Gasteiger partial charge is 0.340 e. The van der Waals surface area contributed by atoms with Crippen LogP contribution in [0.15, 0.2) is 60.7 Å². The molecular formula is C23H24N2O2. The Morgan fingerprint density at radius 2 is 1.78 bits per heavy atom. The van der Waals surface area contributed by atoms with Gasteiger partial charge in [0.05, 0.1) is 0 Å². The van der Waals surface area contributed by atoms with E-state index in [0.717, 1.165) is 35.9 Å². The zero-order valence-electron chi connectivity index (χ0n) is 15.6. The van der Waals surface area contributed by atoms with E-state index < -0.39 is 0 Å². The molecule has 27 heavy (non-hydrogen) atoms. The first kappa shape index (κ1) is 17.5. The minimum absolute atomic E-state index is 0.0194. The Balaban J connectivity index is 1.49.